The molecule has 5 rings (SSSR count). The largest absolute Gasteiger partial charge is 0.339 e. The van der Waals surface area contributed by atoms with Crippen molar-refractivity contribution in [2.45, 2.75) is 18.8 Å². The topological polar surface area (TPSA) is 97.9 Å². The number of carbonyl (C=O) groups is 1. The molecule has 0 aromatic carbocycles. The van der Waals surface area contributed by atoms with Crippen LogP contribution in [-0.2, 0) is 0 Å². The smallest absolute Gasteiger partial charge is 0.254 e. The first-order chi connectivity index (χ1) is 15.2. The van der Waals surface area contributed by atoms with E-state index in [0.29, 0.717) is 30.4 Å². The van der Waals surface area contributed by atoms with Gasteiger partial charge in [-0.2, -0.15) is 4.98 Å². The average Bonchev–Trinajstić information content (AvgIpc) is 3.47. The van der Waals surface area contributed by atoms with Crippen LogP contribution < -0.4 is 0 Å². The van der Waals surface area contributed by atoms with Gasteiger partial charge in [-0.15, -0.1) is 0 Å². The van der Waals surface area contributed by atoms with Gasteiger partial charge in [0.05, 0.1) is 5.92 Å². The van der Waals surface area contributed by atoms with Crippen LogP contribution in [0.1, 0.15) is 39.3 Å². The van der Waals surface area contributed by atoms with Crippen molar-refractivity contribution in [1.29, 1.82) is 0 Å². The highest BCUT2D eigenvalue weighted by Crippen LogP contribution is 2.39. The molecule has 4 aromatic heterocycles. The molecule has 0 unspecified atom stereocenters. The monoisotopic (exact) mass is 412 g/mol. The van der Waals surface area contributed by atoms with Crippen LogP contribution in [0.3, 0.4) is 0 Å². The van der Waals surface area contributed by atoms with E-state index >= 15 is 0 Å². The predicted octanol–water partition coefficient (Wildman–Crippen LogP) is 3.25. The Kier molecular flexibility index (Phi) is 4.95. The van der Waals surface area contributed by atoms with Gasteiger partial charge in [-0.1, -0.05) is 11.2 Å². The van der Waals surface area contributed by atoms with Crippen LogP contribution in [0.25, 0.3) is 11.4 Å². The maximum atomic E-state index is 13.2. The summed E-state index contributed by atoms with van der Waals surface area (Å²) in [6.45, 7) is 2.91. The third kappa shape index (κ3) is 3.79. The summed E-state index contributed by atoms with van der Waals surface area (Å²) < 4.78 is 5.66. The number of amides is 1. The molecule has 0 aliphatic carbocycles. The molecule has 1 fully saturated rings. The lowest BCUT2D eigenvalue weighted by atomic mass is 9.90. The standard InChI is InChI=1S/C23H20N6O2/c1-15-11-17(6-10-26-15)23(30)29-13-19(18-3-2-7-25-12-18)20(14-29)22-27-21(28-31-22)16-4-8-24-9-5-16/h2-12,19-20H,13-14H2,1H3/t19-,20+/m0/s1. The number of hydrogen-bond acceptors (Lipinski definition) is 7. The van der Waals surface area contributed by atoms with E-state index < -0.39 is 0 Å². The van der Waals surface area contributed by atoms with Gasteiger partial charge in [0.1, 0.15) is 0 Å². The van der Waals surface area contributed by atoms with Crippen LogP contribution in [0.5, 0.6) is 0 Å². The normalized spacial score (nSPS) is 18.3. The summed E-state index contributed by atoms with van der Waals surface area (Å²) in [5.74, 6) is 0.875. The first-order valence-electron chi connectivity index (χ1n) is 10.0. The number of nitrogens with zero attached hydrogens (tertiary/aromatic N) is 6. The van der Waals surface area contributed by atoms with E-state index in [1.54, 1.807) is 30.9 Å². The fourth-order valence-corrected chi connectivity index (χ4v) is 4.02. The number of pyridine rings is 3. The van der Waals surface area contributed by atoms with Crippen LogP contribution in [0.15, 0.2) is 71.9 Å². The molecular weight excluding hydrogens is 392 g/mol. The molecular formula is C23H20N6O2. The van der Waals surface area contributed by atoms with Gasteiger partial charge in [0, 0.05) is 66.8 Å². The molecule has 0 N–H and O–H groups in total. The average molecular weight is 412 g/mol. The summed E-state index contributed by atoms with van der Waals surface area (Å²) in [6, 6.07) is 11.2. The van der Waals surface area contributed by atoms with Gasteiger partial charge in [0.15, 0.2) is 0 Å². The van der Waals surface area contributed by atoms with Crippen LogP contribution in [-0.4, -0.2) is 49.0 Å². The summed E-state index contributed by atoms with van der Waals surface area (Å²) in [5, 5.41) is 4.16. The summed E-state index contributed by atoms with van der Waals surface area (Å²) in [4.78, 5) is 32.2. The van der Waals surface area contributed by atoms with Crippen molar-refractivity contribution in [2.75, 3.05) is 13.1 Å². The molecule has 1 amide bonds. The summed E-state index contributed by atoms with van der Waals surface area (Å²) in [7, 11) is 0. The Morgan fingerprint density at radius 3 is 2.65 bits per heavy atom. The second kappa shape index (κ2) is 8.06. The molecule has 0 saturated carbocycles. The molecule has 154 valence electrons. The Balaban J connectivity index is 1.47. The minimum Gasteiger partial charge on any atom is -0.339 e. The molecule has 4 aromatic rings. The van der Waals surface area contributed by atoms with Gasteiger partial charge in [-0.25, -0.2) is 0 Å². The van der Waals surface area contributed by atoms with Crippen molar-refractivity contribution in [3.63, 3.8) is 0 Å². The number of hydrogen-bond donors (Lipinski definition) is 0. The van der Waals surface area contributed by atoms with Crippen LogP contribution in [0, 0.1) is 6.92 Å². The third-order valence-electron chi connectivity index (χ3n) is 5.56. The van der Waals surface area contributed by atoms with Crippen LogP contribution >= 0.6 is 0 Å². The first kappa shape index (κ1) is 19.0. The van der Waals surface area contributed by atoms with Gasteiger partial charge < -0.3 is 9.42 Å². The van der Waals surface area contributed by atoms with Gasteiger partial charge in [-0.05, 0) is 42.8 Å². The molecule has 31 heavy (non-hydrogen) atoms. The van der Waals surface area contributed by atoms with Crippen molar-refractivity contribution in [1.82, 2.24) is 30.0 Å². The molecule has 1 aliphatic heterocycles. The van der Waals surface area contributed by atoms with Crippen LogP contribution in [0.4, 0.5) is 0 Å². The fraction of sp³-hybridized carbons (Fsp3) is 0.217. The second-order valence-electron chi connectivity index (χ2n) is 7.59. The number of rotatable bonds is 4. The number of carbonyl (C=O) groups excluding carboxylic acids is 1. The van der Waals surface area contributed by atoms with Gasteiger partial charge in [0.2, 0.25) is 11.7 Å². The highest BCUT2D eigenvalue weighted by molar-refractivity contribution is 5.94. The Morgan fingerprint density at radius 2 is 1.87 bits per heavy atom. The zero-order chi connectivity index (χ0) is 21.2. The molecule has 0 bridgehead atoms. The SMILES string of the molecule is Cc1cc(C(=O)N2C[C@@H](c3cccnc3)[C@H](c3nc(-c4ccncc4)no3)C2)ccn1. The summed E-state index contributed by atoms with van der Waals surface area (Å²) in [6.07, 6.45) is 8.62. The molecule has 8 nitrogen and oxygen atoms in total. The molecule has 5 heterocycles. The highest BCUT2D eigenvalue weighted by atomic mass is 16.5. The van der Waals surface area contributed by atoms with Crippen molar-refractivity contribution >= 4 is 5.91 Å². The molecule has 0 radical (unpaired) electrons. The summed E-state index contributed by atoms with van der Waals surface area (Å²) >= 11 is 0. The fourth-order valence-electron chi connectivity index (χ4n) is 4.02. The Morgan fingerprint density at radius 1 is 1.03 bits per heavy atom. The minimum absolute atomic E-state index is 0.00586. The molecule has 8 heteroatoms. The highest BCUT2D eigenvalue weighted by Gasteiger charge is 2.40. The lowest BCUT2D eigenvalue weighted by molar-refractivity contribution is 0.0788. The van der Waals surface area contributed by atoms with Gasteiger partial charge in [0.25, 0.3) is 5.91 Å². The minimum atomic E-state index is -0.126. The van der Waals surface area contributed by atoms with Gasteiger partial charge in [-0.3, -0.25) is 19.7 Å². The number of likely N-dealkylation sites (tertiary alicyclic amines) is 1. The second-order valence-corrected chi connectivity index (χ2v) is 7.59. The van der Waals surface area contributed by atoms with E-state index in [-0.39, 0.29) is 17.7 Å². The predicted molar refractivity (Wildman–Crippen MR) is 112 cm³/mol. The number of aromatic nitrogens is 5. The molecule has 0 spiro atoms. The molecule has 1 aliphatic rings. The molecule has 2 atom stereocenters. The van der Waals surface area contributed by atoms with Crippen molar-refractivity contribution in [3.8, 4) is 11.4 Å². The van der Waals surface area contributed by atoms with Crippen molar-refractivity contribution < 1.29 is 9.32 Å². The van der Waals surface area contributed by atoms with Crippen LogP contribution in [0.2, 0.25) is 0 Å². The van der Waals surface area contributed by atoms with E-state index in [4.69, 9.17) is 4.52 Å². The van der Waals surface area contributed by atoms with E-state index in [2.05, 4.69) is 25.1 Å². The zero-order valence-corrected chi connectivity index (χ0v) is 16.9. The van der Waals surface area contributed by atoms with Gasteiger partial charge >= 0.3 is 0 Å². The lowest BCUT2D eigenvalue weighted by Gasteiger charge is -2.16. The zero-order valence-electron chi connectivity index (χ0n) is 16.9. The first-order valence-corrected chi connectivity index (χ1v) is 10.0. The Labute approximate surface area is 179 Å². The third-order valence-corrected chi connectivity index (χ3v) is 5.56. The van der Waals surface area contributed by atoms with E-state index in [9.17, 15) is 4.79 Å². The quantitative estimate of drug-likeness (QED) is 0.507. The van der Waals surface area contributed by atoms with Crippen molar-refractivity contribution in [3.05, 3.63) is 90.1 Å². The lowest BCUT2D eigenvalue weighted by Crippen LogP contribution is -2.29. The summed E-state index contributed by atoms with van der Waals surface area (Å²) in [5.41, 5.74) is 3.31. The van der Waals surface area contributed by atoms with Crippen molar-refractivity contribution in [2.24, 2.45) is 0 Å². The maximum Gasteiger partial charge on any atom is 0.254 e. The van der Waals surface area contributed by atoms with E-state index in [1.165, 1.54) is 0 Å². The van der Waals surface area contributed by atoms with E-state index in [0.717, 1.165) is 16.8 Å². The molecule has 1 saturated heterocycles. The van der Waals surface area contributed by atoms with E-state index in [1.807, 2.05) is 48.4 Å². The Bertz CT molecular complexity index is 1190. The number of aryl methyl sites for hydroxylation is 1. The Hall–Kier alpha value is -3.94. The maximum absolute atomic E-state index is 13.2.